The number of nitrogens with one attached hydrogen (secondary N) is 6. The van der Waals surface area contributed by atoms with Gasteiger partial charge in [0.15, 0.2) is 11.9 Å². The monoisotopic (exact) mass is 1010 g/mol. The Kier molecular flexibility index (Phi) is 24.7. The number of amides is 8. The number of nitrogens with two attached hydrogens (primary N) is 5. The van der Waals surface area contributed by atoms with Gasteiger partial charge in [0.25, 0.3) is 0 Å². The molecule has 25 heteroatoms. The average Bonchev–Trinajstić information content (AvgIpc) is 4.03. The highest BCUT2D eigenvalue weighted by atomic mass is 16.4. The van der Waals surface area contributed by atoms with Crippen molar-refractivity contribution in [2.24, 2.45) is 50.5 Å². The highest BCUT2D eigenvalue weighted by molar-refractivity contribution is 5.98. The van der Waals surface area contributed by atoms with Crippen LogP contribution < -0.4 is 60.6 Å². The number of aliphatic carboxylic acids is 1. The van der Waals surface area contributed by atoms with Crippen molar-refractivity contribution in [3.05, 3.63) is 35.9 Å². The van der Waals surface area contributed by atoms with Crippen molar-refractivity contribution in [2.75, 3.05) is 39.3 Å². The number of carbonyl (C=O) groups excluding carboxylic acids is 8. The fourth-order valence-electron chi connectivity index (χ4n) is 8.55. The molecule has 7 atom stereocenters. The SMILES string of the molecule is CC(C)C[C@H](NC(=O)CN)C(=O)NCC(=O)N1CCC[C@H]1C(=O)N[C@@H](CCCN=C(N)N)C(=O)N1CCC[C@H]1C(=O)N[C@@H](CC(C)C)C(=O)N[C@@H](CCCN=C(N)N)C(=O)N[C@@H](Cc1ccccc1)C(=O)O. The number of nitrogens with zero attached hydrogens (tertiary/aromatic N) is 4. The van der Waals surface area contributed by atoms with Gasteiger partial charge in [-0.15, -0.1) is 0 Å². The van der Waals surface area contributed by atoms with Gasteiger partial charge in [-0.25, -0.2) is 4.79 Å². The number of benzene rings is 1. The van der Waals surface area contributed by atoms with Gasteiger partial charge in [-0.1, -0.05) is 58.0 Å². The summed E-state index contributed by atoms with van der Waals surface area (Å²) >= 11 is 0. The molecule has 0 aromatic heterocycles. The Morgan fingerprint density at radius 2 is 1.12 bits per heavy atom. The Bertz CT molecular complexity index is 2080. The third-order valence-electron chi connectivity index (χ3n) is 12.0. The minimum atomic E-state index is -1.33. The van der Waals surface area contributed by atoms with Gasteiger partial charge in [-0.05, 0) is 81.6 Å². The summed E-state index contributed by atoms with van der Waals surface area (Å²) in [7, 11) is 0. The minimum absolute atomic E-state index is 0.00822. The topological polar surface area (TPSA) is 407 Å². The molecule has 25 nitrogen and oxygen atoms in total. The second kappa shape index (κ2) is 30.0. The van der Waals surface area contributed by atoms with E-state index in [0.29, 0.717) is 24.8 Å². The van der Waals surface area contributed by atoms with E-state index in [1.807, 2.05) is 27.7 Å². The molecule has 2 aliphatic rings. The summed E-state index contributed by atoms with van der Waals surface area (Å²) in [6, 6.07) is 0.739. The molecule has 2 aliphatic heterocycles. The zero-order valence-corrected chi connectivity index (χ0v) is 41.9. The Hall–Kier alpha value is -7.05. The summed E-state index contributed by atoms with van der Waals surface area (Å²) in [5.41, 5.74) is 28.1. The molecule has 0 spiro atoms. The minimum Gasteiger partial charge on any atom is -0.480 e. The number of hydrogen-bond acceptors (Lipinski definition) is 12. The zero-order valence-electron chi connectivity index (χ0n) is 41.9. The van der Waals surface area contributed by atoms with Gasteiger partial charge in [-0.2, -0.15) is 0 Å². The van der Waals surface area contributed by atoms with Crippen molar-refractivity contribution in [3.63, 3.8) is 0 Å². The molecule has 0 bridgehead atoms. The van der Waals surface area contributed by atoms with Crippen LogP contribution in [0.15, 0.2) is 40.3 Å². The second-order valence-corrected chi connectivity index (χ2v) is 18.9. The van der Waals surface area contributed by atoms with Crippen LogP contribution in [0.1, 0.15) is 97.5 Å². The average molecular weight is 1010 g/mol. The van der Waals surface area contributed by atoms with Crippen molar-refractivity contribution in [1.29, 1.82) is 0 Å². The molecule has 0 unspecified atom stereocenters. The van der Waals surface area contributed by atoms with Gasteiger partial charge in [0.2, 0.25) is 47.3 Å². The highest BCUT2D eigenvalue weighted by Gasteiger charge is 2.41. The molecule has 72 heavy (non-hydrogen) atoms. The first-order valence-corrected chi connectivity index (χ1v) is 24.6. The molecule has 400 valence electrons. The highest BCUT2D eigenvalue weighted by Crippen LogP contribution is 2.23. The summed E-state index contributed by atoms with van der Waals surface area (Å²) in [6.07, 6.45) is 2.28. The van der Waals surface area contributed by atoms with Gasteiger partial charge in [0, 0.05) is 32.6 Å². The molecule has 17 N–H and O–H groups in total. The van der Waals surface area contributed by atoms with Crippen molar-refractivity contribution < 1.29 is 48.3 Å². The standard InChI is InChI=1S/C47H77N15O10/c1-27(2)22-32(56-37(63)25-48)39(65)55-26-38(64)61-20-10-16-35(61)42(68)58-31(15-9-19-54-47(51)52)44(70)62-21-11-17-36(62)43(69)59-33(23-28(3)4)41(67)57-30(14-8-18-53-46(49)50)40(66)60-34(45(71)72)24-29-12-6-5-7-13-29/h5-7,12-13,27-28,30-36H,8-11,14-26,48H2,1-4H3,(H,55,65)(H,56,63)(H,57,67)(H,58,68)(H,59,69)(H,60,66)(H,71,72)(H4,49,50,53)(H4,51,52,54)/t30-,31-,32-,33-,34-,35-,36-/m0/s1. The number of guanidine groups is 2. The largest absolute Gasteiger partial charge is 0.480 e. The molecule has 3 rings (SSSR count). The number of aliphatic imine (C=N–C) groups is 2. The van der Waals surface area contributed by atoms with Crippen LogP contribution in [0.4, 0.5) is 0 Å². The molecule has 2 heterocycles. The van der Waals surface area contributed by atoms with Gasteiger partial charge in [0.1, 0.15) is 42.3 Å². The summed E-state index contributed by atoms with van der Waals surface area (Å²) in [5, 5.41) is 26.0. The number of likely N-dealkylation sites (tertiary alicyclic amines) is 2. The van der Waals surface area contributed by atoms with E-state index in [-0.39, 0.29) is 108 Å². The molecule has 1 aromatic rings. The van der Waals surface area contributed by atoms with E-state index in [0.717, 1.165) is 0 Å². The maximum absolute atomic E-state index is 14.5. The lowest BCUT2D eigenvalue weighted by molar-refractivity contribution is -0.144. The number of hydrogen-bond donors (Lipinski definition) is 12. The lowest BCUT2D eigenvalue weighted by Crippen LogP contribution is -2.59. The molecule has 0 saturated carbocycles. The normalized spacial score (nSPS) is 17.4. The van der Waals surface area contributed by atoms with Gasteiger partial charge >= 0.3 is 5.97 Å². The van der Waals surface area contributed by atoms with Crippen molar-refractivity contribution in [1.82, 2.24) is 41.7 Å². The first-order valence-electron chi connectivity index (χ1n) is 24.6. The van der Waals surface area contributed by atoms with Crippen LogP contribution in [-0.2, 0) is 49.6 Å². The molecule has 2 fully saturated rings. The predicted octanol–water partition coefficient (Wildman–Crippen LogP) is -3.01. The van der Waals surface area contributed by atoms with Crippen molar-refractivity contribution in [2.45, 2.75) is 141 Å². The first kappa shape index (κ1) is 59.3. The lowest BCUT2D eigenvalue weighted by atomic mass is 10.0. The molecule has 1 aromatic carbocycles. The predicted molar refractivity (Wildman–Crippen MR) is 268 cm³/mol. The van der Waals surface area contributed by atoms with Gasteiger partial charge in [-0.3, -0.25) is 48.3 Å². The Balaban J connectivity index is 1.80. The summed E-state index contributed by atoms with van der Waals surface area (Å²) in [5.74, 6) is -6.78. The molecule has 0 radical (unpaired) electrons. The number of carboxylic acids is 1. The zero-order chi connectivity index (χ0) is 53.5. The Labute approximate surface area is 420 Å². The van der Waals surface area contributed by atoms with Crippen LogP contribution >= 0.6 is 0 Å². The third-order valence-corrected chi connectivity index (χ3v) is 12.0. The number of carbonyl (C=O) groups is 9. The van der Waals surface area contributed by atoms with Crippen molar-refractivity contribution >= 4 is 65.1 Å². The molecule has 0 aliphatic carbocycles. The van der Waals surface area contributed by atoms with E-state index in [2.05, 4.69) is 41.9 Å². The van der Waals surface area contributed by atoms with Gasteiger partial charge < -0.3 is 75.5 Å². The van der Waals surface area contributed by atoms with Crippen molar-refractivity contribution in [3.8, 4) is 0 Å². The first-order chi connectivity index (χ1) is 34.1. The Morgan fingerprint density at radius 3 is 1.65 bits per heavy atom. The second-order valence-electron chi connectivity index (χ2n) is 18.9. The van der Waals surface area contributed by atoms with E-state index in [4.69, 9.17) is 28.7 Å². The maximum atomic E-state index is 14.5. The van der Waals surface area contributed by atoms with Crippen LogP contribution in [0.5, 0.6) is 0 Å². The van der Waals surface area contributed by atoms with Crippen LogP contribution in [0.2, 0.25) is 0 Å². The summed E-state index contributed by atoms with van der Waals surface area (Å²) in [4.78, 5) is 132. The summed E-state index contributed by atoms with van der Waals surface area (Å²) in [6.45, 7) is 7.19. The number of carboxylic acid groups (broad SMARTS) is 1. The smallest absolute Gasteiger partial charge is 0.326 e. The van der Waals surface area contributed by atoms with E-state index < -0.39 is 102 Å². The van der Waals surface area contributed by atoms with E-state index in [1.165, 1.54) is 9.80 Å². The van der Waals surface area contributed by atoms with E-state index in [9.17, 15) is 48.3 Å². The molecule has 2 saturated heterocycles. The maximum Gasteiger partial charge on any atom is 0.326 e. The van der Waals surface area contributed by atoms with E-state index >= 15 is 0 Å². The van der Waals surface area contributed by atoms with Crippen LogP contribution in [0.3, 0.4) is 0 Å². The van der Waals surface area contributed by atoms with Crippen LogP contribution in [0, 0.1) is 11.8 Å². The Morgan fingerprint density at radius 1 is 0.639 bits per heavy atom. The lowest BCUT2D eigenvalue weighted by Gasteiger charge is -2.32. The fraction of sp³-hybridized carbons (Fsp3) is 0.638. The molecular formula is C47H77N15O10. The number of rotatable bonds is 29. The third kappa shape index (κ3) is 20.0. The van der Waals surface area contributed by atoms with Crippen LogP contribution in [-0.4, -0.2) is 162 Å². The summed E-state index contributed by atoms with van der Waals surface area (Å²) < 4.78 is 0. The fourth-order valence-corrected chi connectivity index (χ4v) is 8.55. The molecular weight excluding hydrogens is 935 g/mol. The van der Waals surface area contributed by atoms with Gasteiger partial charge in [0.05, 0.1) is 13.1 Å². The van der Waals surface area contributed by atoms with Crippen LogP contribution in [0.25, 0.3) is 0 Å². The molecule has 8 amide bonds. The quantitative estimate of drug-likeness (QED) is 0.0216. The van der Waals surface area contributed by atoms with E-state index in [1.54, 1.807) is 30.3 Å².